The van der Waals surface area contributed by atoms with E-state index in [0.717, 1.165) is 25.0 Å². The summed E-state index contributed by atoms with van der Waals surface area (Å²) in [5.41, 5.74) is 0.754. The predicted octanol–water partition coefficient (Wildman–Crippen LogP) is 4.12. The quantitative estimate of drug-likeness (QED) is 0.587. The van der Waals surface area contributed by atoms with Crippen molar-refractivity contribution < 1.29 is 14.2 Å². The number of ether oxygens (including phenoxy) is 3. The minimum atomic E-state index is -0.0972. The summed E-state index contributed by atoms with van der Waals surface area (Å²) in [5, 5.41) is 11.9. The van der Waals surface area contributed by atoms with Crippen LogP contribution >= 0.6 is 23.8 Å². The van der Waals surface area contributed by atoms with Crippen molar-refractivity contribution in [1.29, 1.82) is 0 Å². The average Bonchev–Trinajstić information content (AvgIpc) is 3.24. The van der Waals surface area contributed by atoms with Crippen molar-refractivity contribution >= 4 is 30.0 Å². The second-order valence-corrected chi connectivity index (χ2v) is 6.94. The number of halogens is 1. The summed E-state index contributed by atoms with van der Waals surface area (Å²) in [5.74, 6) is 1.73. The van der Waals surface area contributed by atoms with E-state index < -0.39 is 0 Å². The molecule has 26 heavy (non-hydrogen) atoms. The SMILES string of the molecule is COc1cc(/C=N\n2c([C@H]3CCCO3)n[nH]c2=S)cc(Cl)c1OC(C)C. The molecule has 7 nitrogen and oxygen atoms in total. The molecule has 1 saturated heterocycles. The number of aromatic nitrogens is 3. The minimum absolute atomic E-state index is 0.0147. The van der Waals surface area contributed by atoms with E-state index in [1.807, 2.05) is 19.9 Å². The Morgan fingerprint density at radius 3 is 2.96 bits per heavy atom. The number of hydrogen-bond acceptors (Lipinski definition) is 6. The molecule has 2 heterocycles. The number of methoxy groups -OCH3 is 1. The van der Waals surface area contributed by atoms with Gasteiger partial charge in [0.25, 0.3) is 0 Å². The van der Waals surface area contributed by atoms with Gasteiger partial charge in [-0.25, -0.2) is 0 Å². The molecule has 0 amide bonds. The highest BCUT2D eigenvalue weighted by Crippen LogP contribution is 2.36. The fourth-order valence-electron chi connectivity index (χ4n) is 2.69. The van der Waals surface area contributed by atoms with Crippen LogP contribution in [0.5, 0.6) is 11.5 Å². The van der Waals surface area contributed by atoms with Crippen LogP contribution in [0.4, 0.5) is 0 Å². The van der Waals surface area contributed by atoms with Crippen LogP contribution < -0.4 is 9.47 Å². The van der Waals surface area contributed by atoms with Crippen LogP contribution in [0.1, 0.15) is 44.2 Å². The first-order valence-electron chi connectivity index (χ1n) is 8.37. The van der Waals surface area contributed by atoms with Gasteiger partial charge in [0, 0.05) is 6.61 Å². The summed E-state index contributed by atoms with van der Waals surface area (Å²) in [7, 11) is 1.57. The van der Waals surface area contributed by atoms with Gasteiger partial charge < -0.3 is 14.2 Å². The van der Waals surface area contributed by atoms with Crippen LogP contribution in [0.25, 0.3) is 0 Å². The number of rotatable bonds is 6. The van der Waals surface area contributed by atoms with Crippen LogP contribution in [0.3, 0.4) is 0 Å². The second-order valence-electron chi connectivity index (χ2n) is 6.15. The zero-order valence-corrected chi connectivity index (χ0v) is 16.4. The average molecular weight is 397 g/mol. The highest BCUT2D eigenvalue weighted by molar-refractivity contribution is 7.71. The third kappa shape index (κ3) is 4.08. The molecule has 1 N–H and O–H groups in total. The van der Waals surface area contributed by atoms with Crippen molar-refractivity contribution in [3.8, 4) is 11.5 Å². The van der Waals surface area contributed by atoms with Gasteiger partial charge in [-0.2, -0.15) is 14.9 Å². The Bertz CT molecular complexity index is 856. The summed E-state index contributed by atoms with van der Waals surface area (Å²) in [6.07, 6.45) is 3.44. The van der Waals surface area contributed by atoms with Gasteiger partial charge in [-0.3, -0.25) is 5.10 Å². The largest absolute Gasteiger partial charge is 0.493 e. The Morgan fingerprint density at radius 1 is 1.50 bits per heavy atom. The number of benzene rings is 1. The molecule has 0 unspecified atom stereocenters. The Hall–Kier alpha value is -1.90. The van der Waals surface area contributed by atoms with E-state index in [9.17, 15) is 0 Å². The Balaban J connectivity index is 1.91. The predicted molar refractivity (Wildman–Crippen MR) is 102 cm³/mol. The lowest BCUT2D eigenvalue weighted by molar-refractivity contribution is 0.102. The molecule has 1 fully saturated rings. The van der Waals surface area contributed by atoms with Gasteiger partial charge in [0.2, 0.25) is 4.77 Å². The van der Waals surface area contributed by atoms with E-state index >= 15 is 0 Å². The molecule has 0 radical (unpaired) electrons. The first kappa shape index (κ1) is 18.9. The number of hydrogen-bond donors (Lipinski definition) is 1. The first-order valence-corrected chi connectivity index (χ1v) is 9.15. The molecule has 0 spiro atoms. The zero-order chi connectivity index (χ0) is 18.7. The molecule has 0 aliphatic carbocycles. The number of H-pyrrole nitrogens is 1. The van der Waals surface area contributed by atoms with Gasteiger partial charge in [0.15, 0.2) is 17.3 Å². The molecule has 1 aromatic heterocycles. The topological polar surface area (TPSA) is 73.7 Å². The van der Waals surface area contributed by atoms with Crippen molar-refractivity contribution in [2.24, 2.45) is 5.10 Å². The first-order chi connectivity index (χ1) is 12.5. The number of nitrogens with one attached hydrogen (secondary N) is 1. The second kappa shape index (κ2) is 8.20. The fourth-order valence-corrected chi connectivity index (χ4v) is 3.14. The van der Waals surface area contributed by atoms with Crippen molar-refractivity contribution in [1.82, 2.24) is 14.9 Å². The van der Waals surface area contributed by atoms with Crippen molar-refractivity contribution in [2.75, 3.05) is 13.7 Å². The van der Waals surface area contributed by atoms with Crippen LogP contribution in [0.2, 0.25) is 5.02 Å². The summed E-state index contributed by atoms with van der Waals surface area (Å²) in [4.78, 5) is 0. The zero-order valence-electron chi connectivity index (χ0n) is 14.9. The van der Waals surface area contributed by atoms with E-state index in [4.69, 9.17) is 38.0 Å². The number of aromatic amines is 1. The third-order valence-corrected chi connectivity index (χ3v) is 4.37. The van der Waals surface area contributed by atoms with E-state index in [1.165, 1.54) is 0 Å². The summed E-state index contributed by atoms with van der Waals surface area (Å²) >= 11 is 11.6. The molecule has 1 aliphatic heterocycles. The van der Waals surface area contributed by atoms with Gasteiger partial charge in [-0.1, -0.05) is 11.6 Å². The summed E-state index contributed by atoms with van der Waals surface area (Å²) in [6.45, 7) is 4.58. The minimum Gasteiger partial charge on any atom is -0.493 e. The van der Waals surface area contributed by atoms with E-state index in [2.05, 4.69) is 15.3 Å². The summed E-state index contributed by atoms with van der Waals surface area (Å²) in [6, 6.07) is 3.57. The van der Waals surface area contributed by atoms with Crippen molar-refractivity contribution in [3.05, 3.63) is 33.3 Å². The van der Waals surface area contributed by atoms with Crippen molar-refractivity contribution in [2.45, 2.75) is 38.9 Å². The van der Waals surface area contributed by atoms with Crippen LogP contribution in [-0.2, 0) is 4.74 Å². The Kier molecular flexibility index (Phi) is 5.95. The molecule has 2 aromatic rings. The molecule has 1 aromatic carbocycles. The lowest BCUT2D eigenvalue weighted by Crippen LogP contribution is -2.08. The molecular weight excluding hydrogens is 376 g/mol. The van der Waals surface area contributed by atoms with E-state index in [1.54, 1.807) is 24.1 Å². The molecule has 140 valence electrons. The molecule has 9 heteroatoms. The third-order valence-electron chi connectivity index (χ3n) is 3.82. The van der Waals surface area contributed by atoms with Gasteiger partial charge >= 0.3 is 0 Å². The van der Waals surface area contributed by atoms with Crippen LogP contribution in [-0.4, -0.2) is 40.9 Å². The molecular formula is C17H21ClN4O3S. The molecule has 1 atom stereocenters. The Labute approximate surface area is 161 Å². The lowest BCUT2D eigenvalue weighted by atomic mass is 10.2. The maximum absolute atomic E-state index is 6.35. The van der Waals surface area contributed by atoms with Gasteiger partial charge in [-0.05, 0) is 56.6 Å². The number of nitrogens with zero attached hydrogens (tertiary/aromatic N) is 3. The monoisotopic (exact) mass is 396 g/mol. The normalized spacial score (nSPS) is 17.3. The van der Waals surface area contributed by atoms with E-state index in [-0.39, 0.29) is 12.2 Å². The van der Waals surface area contributed by atoms with Gasteiger partial charge in [0.1, 0.15) is 6.10 Å². The molecule has 0 saturated carbocycles. The lowest BCUT2D eigenvalue weighted by Gasteiger charge is -2.15. The standard InChI is InChI=1S/C17H21ClN4O3S/c1-10(2)25-15-12(18)7-11(8-14(15)23-3)9-19-22-16(20-21-17(22)26)13-5-4-6-24-13/h7-10,13H,4-6H2,1-3H3,(H,21,26)/b19-9-/t13-/m1/s1. The van der Waals surface area contributed by atoms with Crippen LogP contribution in [0.15, 0.2) is 17.2 Å². The van der Waals surface area contributed by atoms with E-state index in [0.29, 0.717) is 27.1 Å². The molecule has 0 bridgehead atoms. The summed E-state index contributed by atoms with van der Waals surface area (Å²) < 4.78 is 18.8. The highest BCUT2D eigenvalue weighted by Gasteiger charge is 2.23. The smallest absolute Gasteiger partial charge is 0.216 e. The maximum Gasteiger partial charge on any atom is 0.216 e. The highest BCUT2D eigenvalue weighted by atomic mass is 35.5. The fraction of sp³-hybridized carbons (Fsp3) is 0.471. The van der Waals surface area contributed by atoms with Crippen LogP contribution in [0, 0.1) is 4.77 Å². The van der Waals surface area contributed by atoms with Gasteiger partial charge in [0.05, 0.1) is 24.5 Å². The molecule has 1 aliphatic rings. The Morgan fingerprint density at radius 2 is 2.31 bits per heavy atom. The van der Waals surface area contributed by atoms with Crippen molar-refractivity contribution in [3.63, 3.8) is 0 Å². The molecule has 3 rings (SSSR count). The van der Waals surface area contributed by atoms with Gasteiger partial charge in [-0.15, -0.1) is 0 Å². The maximum atomic E-state index is 6.35.